The molecule has 0 aliphatic rings. The second-order valence-electron chi connectivity index (χ2n) is 3.14. The van der Waals surface area contributed by atoms with E-state index in [4.69, 9.17) is 5.11 Å². The number of hydrogen-bond donors (Lipinski definition) is 1. The molecule has 0 saturated heterocycles. The lowest BCUT2D eigenvalue weighted by Crippen LogP contribution is -1.98. The summed E-state index contributed by atoms with van der Waals surface area (Å²) in [5.41, 5.74) is -0.111. The molecule has 1 N–H and O–H groups in total. The van der Waals surface area contributed by atoms with E-state index in [0.717, 1.165) is 11.8 Å². The number of nitrogens with zero attached hydrogens (tertiary/aromatic N) is 2. The van der Waals surface area contributed by atoms with Crippen molar-refractivity contribution in [2.75, 3.05) is 0 Å². The lowest BCUT2D eigenvalue weighted by Gasteiger charge is -2.02. The lowest BCUT2D eigenvalue weighted by atomic mass is 10.2. The molecular weight excluding hydrogens is 276 g/mol. The minimum absolute atomic E-state index is 0.0136. The summed E-state index contributed by atoms with van der Waals surface area (Å²) >= 11 is 2.42. The molecule has 0 atom stereocenters. The van der Waals surface area contributed by atoms with Gasteiger partial charge in [0.25, 0.3) is 5.69 Å². The Labute approximate surface area is 109 Å². The molecule has 18 heavy (non-hydrogen) atoms. The van der Waals surface area contributed by atoms with Crippen LogP contribution in [0.4, 0.5) is 5.69 Å². The van der Waals surface area contributed by atoms with Crippen molar-refractivity contribution in [2.24, 2.45) is 0 Å². The normalized spacial score (nSPS) is 10.2. The minimum atomic E-state index is -1.12. The van der Waals surface area contributed by atoms with E-state index in [1.807, 2.05) is 0 Å². The molecule has 1 aromatic carbocycles. The number of benzene rings is 1. The number of hydrogen-bond acceptors (Lipinski definition) is 6. The molecule has 0 bridgehead atoms. The monoisotopic (exact) mass is 282 g/mol. The molecule has 0 radical (unpaired) electrons. The second kappa shape index (κ2) is 5.15. The van der Waals surface area contributed by atoms with E-state index in [1.165, 1.54) is 29.5 Å². The van der Waals surface area contributed by atoms with Gasteiger partial charge >= 0.3 is 5.97 Å². The van der Waals surface area contributed by atoms with Crippen molar-refractivity contribution >= 4 is 34.8 Å². The predicted octanol–water partition coefficient (Wildman–Crippen LogP) is 2.90. The Hall–Kier alpha value is -1.93. The number of thiazole rings is 1. The summed E-state index contributed by atoms with van der Waals surface area (Å²) in [6.45, 7) is 0. The lowest BCUT2D eigenvalue weighted by molar-refractivity contribution is -0.387. The van der Waals surface area contributed by atoms with Crippen molar-refractivity contribution in [2.45, 2.75) is 9.24 Å². The van der Waals surface area contributed by atoms with Crippen LogP contribution >= 0.6 is 23.1 Å². The van der Waals surface area contributed by atoms with Gasteiger partial charge < -0.3 is 5.11 Å². The largest absolute Gasteiger partial charge is 0.478 e. The summed E-state index contributed by atoms with van der Waals surface area (Å²) in [6.07, 6.45) is 1.58. The van der Waals surface area contributed by atoms with Crippen LogP contribution in [-0.4, -0.2) is 21.0 Å². The van der Waals surface area contributed by atoms with Crippen molar-refractivity contribution in [3.05, 3.63) is 45.5 Å². The van der Waals surface area contributed by atoms with Gasteiger partial charge in [-0.1, -0.05) is 11.8 Å². The van der Waals surface area contributed by atoms with Gasteiger partial charge in [0.05, 0.1) is 15.4 Å². The molecule has 1 heterocycles. The van der Waals surface area contributed by atoms with Crippen LogP contribution in [0.15, 0.2) is 39.0 Å². The van der Waals surface area contributed by atoms with E-state index in [1.54, 1.807) is 11.6 Å². The number of aromatic nitrogens is 1. The molecule has 0 saturated carbocycles. The first-order chi connectivity index (χ1) is 8.58. The van der Waals surface area contributed by atoms with Crippen LogP contribution in [-0.2, 0) is 0 Å². The van der Waals surface area contributed by atoms with Gasteiger partial charge in [-0.3, -0.25) is 10.1 Å². The van der Waals surface area contributed by atoms with Crippen LogP contribution in [0, 0.1) is 10.1 Å². The Kier molecular flexibility index (Phi) is 3.58. The van der Waals surface area contributed by atoms with Gasteiger partial charge in [0.15, 0.2) is 4.34 Å². The molecule has 0 aliphatic heterocycles. The summed E-state index contributed by atoms with van der Waals surface area (Å²) in [7, 11) is 0. The molecule has 1 aromatic heterocycles. The van der Waals surface area contributed by atoms with E-state index in [2.05, 4.69) is 4.98 Å². The zero-order valence-electron chi connectivity index (χ0n) is 8.77. The molecule has 2 rings (SSSR count). The molecular formula is C10H6N2O4S2. The fraction of sp³-hybridized carbons (Fsp3) is 0. The zero-order chi connectivity index (χ0) is 13.1. The number of nitro benzene ring substituents is 1. The van der Waals surface area contributed by atoms with Gasteiger partial charge in [0.1, 0.15) is 0 Å². The van der Waals surface area contributed by atoms with Gasteiger partial charge in [0.2, 0.25) is 0 Å². The van der Waals surface area contributed by atoms with Crippen molar-refractivity contribution < 1.29 is 14.8 Å². The fourth-order valence-electron chi connectivity index (χ4n) is 1.23. The van der Waals surface area contributed by atoms with Crippen LogP contribution in [0.2, 0.25) is 0 Å². The maximum atomic E-state index is 10.9. The molecule has 8 heteroatoms. The van der Waals surface area contributed by atoms with E-state index in [-0.39, 0.29) is 16.1 Å². The maximum Gasteiger partial charge on any atom is 0.335 e. The van der Waals surface area contributed by atoms with Crippen molar-refractivity contribution in [1.29, 1.82) is 0 Å². The standard InChI is InChI=1S/C10H6N2O4S2/c13-9(14)6-1-2-7(12(15)16)8(5-6)18-10-11-3-4-17-10/h1-5H,(H,13,14). The molecule has 0 spiro atoms. The summed E-state index contributed by atoms with van der Waals surface area (Å²) < 4.78 is 0.626. The first-order valence-corrected chi connectivity index (χ1v) is 6.36. The van der Waals surface area contributed by atoms with Gasteiger partial charge in [-0.15, -0.1) is 11.3 Å². The Morgan fingerprint density at radius 1 is 1.50 bits per heavy atom. The van der Waals surface area contributed by atoms with Gasteiger partial charge in [0, 0.05) is 17.6 Å². The zero-order valence-corrected chi connectivity index (χ0v) is 10.4. The first kappa shape index (κ1) is 12.5. The number of rotatable bonds is 4. The van der Waals surface area contributed by atoms with E-state index in [9.17, 15) is 14.9 Å². The summed E-state index contributed by atoms with van der Waals surface area (Å²) in [5.74, 6) is -1.12. The highest BCUT2D eigenvalue weighted by Crippen LogP contribution is 2.36. The Morgan fingerprint density at radius 3 is 2.83 bits per heavy atom. The highest BCUT2D eigenvalue weighted by Gasteiger charge is 2.18. The maximum absolute atomic E-state index is 10.9. The molecule has 2 aromatic rings. The fourth-order valence-corrected chi connectivity index (χ4v) is 2.96. The Bertz CT molecular complexity index is 598. The van der Waals surface area contributed by atoms with Gasteiger partial charge in [-0.2, -0.15) is 0 Å². The smallest absolute Gasteiger partial charge is 0.335 e. The van der Waals surface area contributed by atoms with Crippen LogP contribution in [0.1, 0.15) is 10.4 Å². The Balaban J connectivity index is 2.43. The van der Waals surface area contributed by atoms with Crippen LogP contribution < -0.4 is 0 Å². The number of carboxylic acids is 1. The molecule has 0 fully saturated rings. The molecule has 6 nitrogen and oxygen atoms in total. The average Bonchev–Trinajstić information content (AvgIpc) is 2.81. The molecule has 0 amide bonds. The third kappa shape index (κ3) is 2.66. The van der Waals surface area contributed by atoms with Crippen molar-refractivity contribution in [3.8, 4) is 0 Å². The van der Waals surface area contributed by atoms with E-state index in [0.29, 0.717) is 4.34 Å². The van der Waals surface area contributed by atoms with Crippen LogP contribution in [0.25, 0.3) is 0 Å². The number of aromatic carboxylic acids is 1. The quantitative estimate of drug-likeness (QED) is 0.684. The molecule has 92 valence electrons. The number of carboxylic acid groups (broad SMARTS) is 1. The highest BCUT2D eigenvalue weighted by molar-refractivity contribution is 8.01. The number of nitro groups is 1. The van der Waals surface area contributed by atoms with E-state index < -0.39 is 10.9 Å². The van der Waals surface area contributed by atoms with Crippen molar-refractivity contribution in [3.63, 3.8) is 0 Å². The first-order valence-electron chi connectivity index (χ1n) is 4.67. The SMILES string of the molecule is O=C(O)c1ccc([N+](=O)[O-])c(Sc2nccs2)c1. The third-order valence-corrected chi connectivity index (χ3v) is 3.94. The topological polar surface area (TPSA) is 93.3 Å². The summed E-state index contributed by atoms with van der Waals surface area (Å²) in [6, 6.07) is 3.69. The van der Waals surface area contributed by atoms with Crippen LogP contribution in [0.3, 0.4) is 0 Å². The third-order valence-electron chi connectivity index (χ3n) is 2.01. The summed E-state index contributed by atoms with van der Waals surface area (Å²) in [4.78, 5) is 25.4. The molecule has 0 aliphatic carbocycles. The minimum Gasteiger partial charge on any atom is -0.478 e. The van der Waals surface area contributed by atoms with Crippen LogP contribution in [0.5, 0.6) is 0 Å². The summed E-state index contributed by atoms with van der Waals surface area (Å²) in [5, 5.41) is 21.5. The van der Waals surface area contributed by atoms with Gasteiger partial charge in [-0.05, 0) is 12.1 Å². The van der Waals surface area contributed by atoms with E-state index >= 15 is 0 Å². The highest BCUT2D eigenvalue weighted by atomic mass is 32.2. The Morgan fingerprint density at radius 2 is 2.28 bits per heavy atom. The number of carbonyl (C=O) groups is 1. The predicted molar refractivity (Wildman–Crippen MR) is 66.3 cm³/mol. The van der Waals surface area contributed by atoms with Gasteiger partial charge in [-0.25, -0.2) is 9.78 Å². The average molecular weight is 282 g/mol. The van der Waals surface area contributed by atoms with Crippen molar-refractivity contribution in [1.82, 2.24) is 4.98 Å². The molecule has 0 unspecified atom stereocenters. The second-order valence-corrected chi connectivity index (χ2v) is 5.33.